The second kappa shape index (κ2) is 7.84. The summed E-state index contributed by atoms with van der Waals surface area (Å²) in [4.78, 5) is 6.49. The lowest BCUT2D eigenvalue weighted by atomic mass is 10.2. The monoisotopic (exact) mass is 352 g/mol. The van der Waals surface area contributed by atoms with Crippen molar-refractivity contribution in [1.82, 2.24) is 9.88 Å². The first-order valence-electron chi connectivity index (χ1n) is 8.04. The van der Waals surface area contributed by atoms with Gasteiger partial charge in [-0.2, -0.15) is 13.2 Å². The summed E-state index contributed by atoms with van der Waals surface area (Å²) in [6.45, 7) is 3.04. The molecule has 1 fully saturated rings. The van der Waals surface area contributed by atoms with Crippen molar-refractivity contribution < 1.29 is 22.6 Å². The quantitative estimate of drug-likeness (QED) is 0.845. The zero-order chi connectivity index (χ0) is 17.7. The zero-order valence-electron chi connectivity index (χ0n) is 13.6. The zero-order valence-corrected chi connectivity index (χ0v) is 13.6. The Morgan fingerprint density at radius 1 is 1.16 bits per heavy atom. The molecule has 1 aliphatic rings. The number of rotatable bonds is 4. The highest BCUT2D eigenvalue weighted by atomic mass is 19.4. The van der Waals surface area contributed by atoms with Gasteiger partial charge in [-0.05, 0) is 36.4 Å². The third kappa shape index (κ3) is 5.17. The molecule has 0 spiro atoms. The lowest BCUT2D eigenvalue weighted by Crippen LogP contribution is -2.35. The second-order valence-corrected chi connectivity index (χ2v) is 5.89. The van der Waals surface area contributed by atoms with E-state index in [0.717, 1.165) is 24.4 Å². The van der Waals surface area contributed by atoms with Gasteiger partial charge < -0.3 is 9.47 Å². The largest absolute Gasteiger partial charge is 0.487 e. The molecule has 1 unspecified atom stereocenters. The summed E-state index contributed by atoms with van der Waals surface area (Å²) in [5, 5.41) is 0. The summed E-state index contributed by atoms with van der Waals surface area (Å²) in [7, 11) is 0. The molecule has 4 nitrogen and oxygen atoms in total. The highest BCUT2D eigenvalue weighted by molar-refractivity contribution is 5.29. The lowest BCUT2D eigenvalue weighted by Gasteiger charge is -2.23. The lowest BCUT2D eigenvalue weighted by molar-refractivity contribution is -0.137. The van der Waals surface area contributed by atoms with Gasteiger partial charge in [-0.3, -0.25) is 9.88 Å². The van der Waals surface area contributed by atoms with Crippen molar-refractivity contribution in [3.63, 3.8) is 0 Å². The third-order valence-electron chi connectivity index (χ3n) is 3.91. The molecule has 1 aromatic heterocycles. The van der Waals surface area contributed by atoms with E-state index >= 15 is 0 Å². The molecule has 2 heterocycles. The first kappa shape index (κ1) is 17.7. The normalized spacial score (nSPS) is 19.4. The van der Waals surface area contributed by atoms with Gasteiger partial charge in [-0.1, -0.05) is 6.07 Å². The predicted octanol–water partition coefficient (Wildman–Crippen LogP) is 3.38. The maximum absolute atomic E-state index is 12.6. The van der Waals surface area contributed by atoms with E-state index in [0.29, 0.717) is 32.1 Å². The van der Waals surface area contributed by atoms with E-state index in [9.17, 15) is 13.2 Å². The van der Waals surface area contributed by atoms with Crippen LogP contribution in [-0.2, 0) is 17.5 Å². The molecule has 0 N–H and O–H groups in total. The Morgan fingerprint density at radius 3 is 2.64 bits per heavy atom. The number of hydrogen-bond acceptors (Lipinski definition) is 4. The van der Waals surface area contributed by atoms with E-state index in [1.807, 2.05) is 18.2 Å². The number of alkyl halides is 3. The van der Waals surface area contributed by atoms with E-state index in [1.54, 1.807) is 6.20 Å². The number of pyridine rings is 1. The Hall–Kier alpha value is -2.12. The van der Waals surface area contributed by atoms with Crippen molar-refractivity contribution >= 4 is 0 Å². The van der Waals surface area contributed by atoms with Gasteiger partial charge in [0.25, 0.3) is 0 Å². The molecule has 134 valence electrons. The van der Waals surface area contributed by atoms with Gasteiger partial charge in [0.2, 0.25) is 0 Å². The number of nitrogens with zero attached hydrogens (tertiary/aromatic N) is 2. The standard InChI is InChI=1S/C18H19F3N2O2/c19-18(20,21)14-4-6-16(7-5-14)25-17-12-23(9-10-24-13-17)11-15-3-1-2-8-22-15/h1-8,17H,9-13H2. The number of benzene rings is 1. The molecule has 7 heteroatoms. The van der Waals surface area contributed by atoms with Crippen molar-refractivity contribution in [1.29, 1.82) is 0 Å². The summed E-state index contributed by atoms with van der Waals surface area (Å²) in [6.07, 6.45) is -2.84. The third-order valence-corrected chi connectivity index (χ3v) is 3.91. The van der Waals surface area contributed by atoms with Gasteiger partial charge >= 0.3 is 6.18 Å². The molecule has 1 aliphatic heterocycles. The minimum absolute atomic E-state index is 0.247. The smallest absolute Gasteiger partial charge is 0.416 e. The van der Waals surface area contributed by atoms with Gasteiger partial charge in [0, 0.05) is 25.8 Å². The average molecular weight is 352 g/mol. The van der Waals surface area contributed by atoms with Crippen molar-refractivity contribution in [3.8, 4) is 5.75 Å². The van der Waals surface area contributed by atoms with Crippen molar-refractivity contribution in [2.45, 2.75) is 18.8 Å². The van der Waals surface area contributed by atoms with Crippen LogP contribution in [0.25, 0.3) is 0 Å². The fourth-order valence-electron chi connectivity index (χ4n) is 2.69. The number of ether oxygens (including phenoxy) is 2. The van der Waals surface area contributed by atoms with Crippen LogP contribution in [-0.4, -0.2) is 42.3 Å². The van der Waals surface area contributed by atoms with E-state index in [-0.39, 0.29) is 6.10 Å². The molecule has 1 atom stereocenters. The molecule has 2 aromatic rings. The van der Waals surface area contributed by atoms with Crippen LogP contribution in [0, 0.1) is 0 Å². The Bertz CT molecular complexity index is 662. The SMILES string of the molecule is FC(F)(F)c1ccc(OC2COCCN(Cc3ccccn3)C2)cc1. The van der Waals surface area contributed by atoms with Crippen molar-refractivity contribution in [2.24, 2.45) is 0 Å². The minimum Gasteiger partial charge on any atom is -0.487 e. The highest BCUT2D eigenvalue weighted by Gasteiger charge is 2.30. The molecule has 3 rings (SSSR count). The number of hydrogen-bond donors (Lipinski definition) is 0. The Balaban J connectivity index is 1.61. The Labute approximate surface area is 144 Å². The maximum atomic E-state index is 12.6. The van der Waals surface area contributed by atoms with Crippen LogP contribution in [0.5, 0.6) is 5.75 Å². The first-order chi connectivity index (χ1) is 12.0. The van der Waals surface area contributed by atoms with Gasteiger partial charge in [0.15, 0.2) is 0 Å². The van der Waals surface area contributed by atoms with Crippen molar-refractivity contribution in [3.05, 3.63) is 59.9 Å². The fraction of sp³-hybridized carbons (Fsp3) is 0.389. The van der Waals surface area contributed by atoms with Gasteiger partial charge in [0.05, 0.1) is 24.5 Å². The average Bonchev–Trinajstić information content (AvgIpc) is 2.80. The fourth-order valence-corrected chi connectivity index (χ4v) is 2.69. The molecule has 0 saturated carbocycles. The van der Waals surface area contributed by atoms with Crippen LogP contribution in [0.4, 0.5) is 13.2 Å². The van der Waals surface area contributed by atoms with E-state index < -0.39 is 11.7 Å². The van der Waals surface area contributed by atoms with Gasteiger partial charge in [-0.15, -0.1) is 0 Å². The van der Waals surface area contributed by atoms with E-state index in [1.165, 1.54) is 12.1 Å². The van der Waals surface area contributed by atoms with Gasteiger partial charge in [0.1, 0.15) is 11.9 Å². The molecular formula is C18H19F3N2O2. The van der Waals surface area contributed by atoms with Gasteiger partial charge in [-0.25, -0.2) is 0 Å². The van der Waals surface area contributed by atoms with E-state index in [2.05, 4.69) is 9.88 Å². The summed E-state index contributed by atoms with van der Waals surface area (Å²) < 4.78 is 49.2. The summed E-state index contributed by atoms with van der Waals surface area (Å²) in [5.74, 6) is 0.404. The van der Waals surface area contributed by atoms with Crippen LogP contribution in [0.1, 0.15) is 11.3 Å². The number of aromatic nitrogens is 1. The van der Waals surface area contributed by atoms with Crippen LogP contribution in [0.3, 0.4) is 0 Å². The first-order valence-corrected chi connectivity index (χ1v) is 8.04. The maximum Gasteiger partial charge on any atom is 0.416 e. The number of halogens is 3. The minimum atomic E-state index is -4.34. The summed E-state index contributed by atoms with van der Waals surface area (Å²) >= 11 is 0. The van der Waals surface area contributed by atoms with Crippen LogP contribution in [0.2, 0.25) is 0 Å². The summed E-state index contributed by atoms with van der Waals surface area (Å²) in [6, 6.07) is 10.5. The van der Waals surface area contributed by atoms with Crippen LogP contribution < -0.4 is 4.74 Å². The Kier molecular flexibility index (Phi) is 5.55. The topological polar surface area (TPSA) is 34.6 Å². The molecule has 0 radical (unpaired) electrons. The molecular weight excluding hydrogens is 333 g/mol. The molecule has 1 saturated heterocycles. The van der Waals surface area contributed by atoms with Crippen LogP contribution in [0.15, 0.2) is 48.7 Å². The van der Waals surface area contributed by atoms with Crippen LogP contribution >= 0.6 is 0 Å². The summed E-state index contributed by atoms with van der Waals surface area (Å²) in [5.41, 5.74) is 0.270. The predicted molar refractivity (Wildman–Crippen MR) is 86.2 cm³/mol. The second-order valence-electron chi connectivity index (χ2n) is 5.89. The highest BCUT2D eigenvalue weighted by Crippen LogP contribution is 2.30. The van der Waals surface area contributed by atoms with E-state index in [4.69, 9.17) is 9.47 Å². The van der Waals surface area contributed by atoms with Crippen molar-refractivity contribution in [2.75, 3.05) is 26.3 Å². The molecule has 25 heavy (non-hydrogen) atoms. The Morgan fingerprint density at radius 2 is 1.96 bits per heavy atom. The molecule has 0 bridgehead atoms. The molecule has 0 aliphatic carbocycles. The molecule has 1 aromatic carbocycles. The molecule has 0 amide bonds.